The molecule has 1 amide bonds. The normalized spacial score (nSPS) is 11.2. The number of alkyl carbamates (subject to hydrolysis) is 1. The molecule has 2 aromatic carbocycles. The monoisotopic (exact) mass is 624 g/mol. The molecule has 0 saturated carbocycles. The second kappa shape index (κ2) is 14.0. The Hall–Kier alpha value is -5.94. The molecule has 0 radical (unpaired) electrons. The minimum absolute atomic E-state index is 0.0803. The minimum atomic E-state index is -1.24. The zero-order valence-electron chi connectivity index (χ0n) is 24.1. The van der Waals surface area contributed by atoms with Crippen LogP contribution >= 0.6 is 11.3 Å². The average Bonchev–Trinajstić information content (AvgIpc) is 3.72. The molecule has 0 spiro atoms. The van der Waals surface area contributed by atoms with Crippen molar-refractivity contribution in [2.75, 3.05) is 30.8 Å². The highest BCUT2D eigenvalue weighted by Gasteiger charge is 2.11. The topological polar surface area (TPSA) is 173 Å². The van der Waals surface area contributed by atoms with E-state index in [4.69, 9.17) is 26.9 Å². The standard InChI is InChI=1S/C31H28N8O5S/c1-33-24(29(40)41)15-23-11-12-25(45-23)21-7-9-22(10-8-21)39(2)13-14-43-31(42)34-16-19-3-5-20(6-4-19)17-44-28-26-27(36-18-35-26)37-30(32)38-28/h3-12,15,18H,13-14,16-17H2,2H3,(H,34,42)(H,40,41)(H3,32,35,36,37,38)/b24-15-. The van der Waals surface area contributed by atoms with Crippen molar-refractivity contribution < 1.29 is 24.2 Å². The predicted molar refractivity (Wildman–Crippen MR) is 170 cm³/mol. The number of aliphatic carboxylic acids is 1. The van der Waals surface area contributed by atoms with E-state index in [9.17, 15) is 9.59 Å². The molecule has 0 fully saturated rings. The summed E-state index contributed by atoms with van der Waals surface area (Å²) < 4.78 is 11.2. The van der Waals surface area contributed by atoms with E-state index in [0.717, 1.165) is 27.3 Å². The number of aromatic amines is 1. The predicted octanol–water partition coefficient (Wildman–Crippen LogP) is 4.95. The van der Waals surface area contributed by atoms with Gasteiger partial charge in [0.25, 0.3) is 5.70 Å². The molecule has 0 bridgehead atoms. The van der Waals surface area contributed by atoms with E-state index in [1.54, 1.807) is 6.07 Å². The fourth-order valence-corrected chi connectivity index (χ4v) is 5.15. The highest BCUT2D eigenvalue weighted by Crippen LogP contribution is 2.31. The van der Waals surface area contributed by atoms with Crippen molar-refractivity contribution in [1.82, 2.24) is 25.3 Å². The number of H-pyrrole nitrogens is 1. The van der Waals surface area contributed by atoms with Crippen molar-refractivity contribution in [3.05, 3.63) is 100 Å². The number of rotatable bonds is 12. The number of carbonyl (C=O) groups excluding carboxylic acids is 1. The van der Waals surface area contributed by atoms with Crippen LogP contribution in [0.2, 0.25) is 0 Å². The molecule has 13 nitrogen and oxygen atoms in total. The number of likely N-dealkylation sites (N-methyl/N-ethyl adjacent to an activating group) is 1. The van der Waals surface area contributed by atoms with Gasteiger partial charge in [-0.3, -0.25) is 4.79 Å². The van der Waals surface area contributed by atoms with Crippen LogP contribution in [0.5, 0.6) is 5.88 Å². The Kier molecular flexibility index (Phi) is 9.51. The van der Waals surface area contributed by atoms with Crippen LogP contribution < -0.4 is 20.7 Å². The van der Waals surface area contributed by atoms with E-state index in [2.05, 4.69) is 30.1 Å². The summed E-state index contributed by atoms with van der Waals surface area (Å²) in [6.45, 7) is 8.26. The van der Waals surface area contributed by atoms with Crippen LogP contribution in [-0.2, 0) is 22.7 Å². The zero-order valence-corrected chi connectivity index (χ0v) is 24.9. The molecular formula is C31H28N8O5S. The first-order valence-corrected chi connectivity index (χ1v) is 14.4. The number of nitrogens with two attached hydrogens (primary N) is 1. The Balaban J connectivity index is 1.03. The molecule has 5 N–H and O–H groups in total. The van der Waals surface area contributed by atoms with Gasteiger partial charge < -0.3 is 35.5 Å². The van der Waals surface area contributed by atoms with Crippen LogP contribution in [0.4, 0.5) is 16.4 Å². The van der Waals surface area contributed by atoms with Gasteiger partial charge in [-0.1, -0.05) is 36.4 Å². The molecule has 5 aromatic rings. The molecule has 0 aliphatic rings. The van der Waals surface area contributed by atoms with Crippen LogP contribution in [0.25, 0.3) is 32.5 Å². The minimum Gasteiger partial charge on any atom is -0.486 e. The highest BCUT2D eigenvalue weighted by atomic mass is 32.1. The van der Waals surface area contributed by atoms with E-state index in [1.165, 1.54) is 23.7 Å². The fourth-order valence-electron chi connectivity index (χ4n) is 4.20. The fraction of sp³-hybridized carbons (Fsp3) is 0.161. The maximum Gasteiger partial charge on any atom is 0.407 e. The molecule has 0 aliphatic carbocycles. The van der Waals surface area contributed by atoms with Gasteiger partial charge in [0.15, 0.2) is 5.65 Å². The van der Waals surface area contributed by atoms with Gasteiger partial charge in [0, 0.05) is 29.0 Å². The number of anilines is 2. The number of carbonyl (C=O) groups is 2. The number of benzene rings is 2. The van der Waals surface area contributed by atoms with Gasteiger partial charge >= 0.3 is 12.1 Å². The quantitative estimate of drug-likeness (QED) is 0.110. The lowest BCUT2D eigenvalue weighted by molar-refractivity contribution is -0.132. The van der Waals surface area contributed by atoms with Gasteiger partial charge in [0.2, 0.25) is 11.8 Å². The summed E-state index contributed by atoms with van der Waals surface area (Å²) in [5.74, 6) is -0.841. The number of thiophene rings is 1. The number of hydrogen-bond donors (Lipinski definition) is 4. The number of nitrogens with one attached hydrogen (secondary N) is 2. The molecule has 3 aromatic heterocycles. The van der Waals surface area contributed by atoms with Gasteiger partial charge in [-0.2, -0.15) is 9.97 Å². The van der Waals surface area contributed by atoms with Gasteiger partial charge in [-0.05, 0) is 47.0 Å². The van der Waals surface area contributed by atoms with Crippen molar-refractivity contribution in [2.45, 2.75) is 13.2 Å². The van der Waals surface area contributed by atoms with Crippen molar-refractivity contribution in [3.8, 4) is 16.3 Å². The molecule has 0 unspecified atom stereocenters. The number of hydrogen-bond acceptors (Lipinski definition) is 10. The Morgan fingerprint density at radius 3 is 2.60 bits per heavy atom. The lowest BCUT2D eigenvalue weighted by Crippen LogP contribution is -2.28. The summed E-state index contributed by atoms with van der Waals surface area (Å²) in [5.41, 5.74) is 10.1. The van der Waals surface area contributed by atoms with E-state index in [1.807, 2.05) is 66.5 Å². The number of aromatic nitrogens is 4. The smallest absolute Gasteiger partial charge is 0.407 e. The number of amides is 1. The van der Waals surface area contributed by atoms with Crippen molar-refractivity contribution in [1.29, 1.82) is 0 Å². The molecule has 3 heterocycles. The zero-order chi connectivity index (χ0) is 31.8. The van der Waals surface area contributed by atoms with Gasteiger partial charge in [0.1, 0.15) is 18.7 Å². The summed E-state index contributed by atoms with van der Waals surface area (Å²) in [6, 6.07) is 19.1. The largest absolute Gasteiger partial charge is 0.486 e. The SMILES string of the molecule is [C-]#[N+]/C(=C\c1ccc(-c2ccc(N(C)CCOC(=O)NCc3ccc(COc4nc(N)nc5nc[nH]c45)cc3)cc2)s1)C(=O)O. The van der Waals surface area contributed by atoms with E-state index in [0.29, 0.717) is 35.0 Å². The van der Waals surface area contributed by atoms with Crippen molar-refractivity contribution >= 4 is 52.3 Å². The number of imidazole rings is 1. The summed E-state index contributed by atoms with van der Waals surface area (Å²) in [4.78, 5) is 45.2. The van der Waals surface area contributed by atoms with Crippen LogP contribution in [0.1, 0.15) is 16.0 Å². The maximum absolute atomic E-state index is 12.2. The summed E-state index contributed by atoms with van der Waals surface area (Å²) >= 11 is 1.41. The van der Waals surface area contributed by atoms with Crippen LogP contribution in [0, 0.1) is 6.57 Å². The first kappa shape index (κ1) is 30.5. The summed E-state index contributed by atoms with van der Waals surface area (Å²) in [6.07, 6.45) is 2.36. The first-order chi connectivity index (χ1) is 21.8. The lowest BCUT2D eigenvalue weighted by Gasteiger charge is -2.19. The second-order valence-corrected chi connectivity index (χ2v) is 10.8. The van der Waals surface area contributed by atoms with Crippen LogP contribution in [0.15, 0.2) is 72.7 Å². The van der Waals surface area contributed by atoms with E-state index >= 15 is 0 Å². The molecule has 45 heavy (non-hydrogen) atoms. The molecular weight excluding hydrogens is 596 g/mol. The molecule has 228 valence electrons. The number of carboxylic acid groups (broad SMARTS) is 1. The number of nitrogen functional groups attached to an aromatic ring is 1. The van der Waals surface area contributed by atoms with Crippen LogP contribution in [0.3, 0.4) is 0 Å². The number of carboxylic acids is 1. The molecule has 0 atom stereocenters. The second-order valence-electron chi connectivity index (χ2n) is 9.70. The molecule has 5 rings (SSSR count). The number of fused-ring (bicyclic) bond motifs is 1. The molecule has 14 heteroatoms. The van der Waals surface area contributed by atoms with Gasteiger partial charge in [0.05, 0.1) is 19.4 Å². The Morgan fingerprint density at radius 1 is 1.11 bits per heavy atom. The Morgan fingerprint density at radius 2 is 1.87 bits per heavy atom. The molecule has 0 saturated heterocycles. The maximum atomic E-state index is 12.2. The summed E-state index contributed by atoms with van der Waals surface area (Å²) in [7, 11) is 1.91. The van der Waals surface area contributed by atoms with Gasteiger partial charge in [-0.15, -0.1) is 11.3 Å². The first-order valence-electron chi connectivity index (χ1n) is 13.6. The average molecular weight is 625 g/mol. The number of ether oxygens (including phenoxy) is 2. The summed E-state index contributed by atoms with van der Waals surface area (Å²) in [5, 5.41) is 11.8. The third kappa shape index (κ3) is 7.92. The third-order valence-corrected chi connectivity index (χ3v) is 7.68. The van der Waals surface area contributed by atoms with Crippen molar-refractivity contribution in [2.24, 2.45) is 0 Å². The lowest BCUT2D eigenvalue weighted by atomic mass is 10.1. The van der Waals surface area contributed by atoms with Crippen LogP contribution in [-0.4, -0.2) is 57.3 Å². The van der Waals surface area contributed by atoms with E-state index < -0.39 is 12.1 Å². The Bertz CT molecular complexity index is 1880. The van der Waals surface area contributed by atoms with Gasteiger partial charge in [-0.25, -0.2) is 14.6 Å². The number of nitrogens with zero attached hydrogens (tertiary/aromatic N) is 5. The van der Waals surface area contributed by atoms with E-state index in [-0.39, 0.29) is 24.9 Å². The third-order valence-electron chi connectivity index (χ3n) is 6.60. The highest BCUT2D eigenvalue weighted by molar-refractivity contribution is 7.16. The van der Waals surface area contributed by atoms with Crippen molar-refractivity contribution in [3.63, 3.8) is 0 Å². The Labute approximate surface area is 261 Å². The molecule has 0 aliphatic heterocycles.